The topological polar surface area (TPSA) is 42.2 Å². The molecule has 0 saturated carbocycles. The summed E-state index contributed by atoms with van der Waals surface area (Å²) >= 11 is 0. The molecule has 0 aliphatic carbocycles. The molecule has 0 atom stereocenters. The zero-order valence-electron chi connectivity index (χ0n) is 12.6. The number of ether oxygens (including phenoxy) is 2. The van der Waals surface area contributed by atoms with Gasteiger partial charge in [0.2, 0.25) is 0 Å². The Morgan fingerprint density at radius 1 is 0.905 bits per heavy atom. The van der Waals surface area contributed by atoms with Gasteiger partial charge in [-0.15, -0.1) is 0 Å². The van der Waals surface area contributed by atoms with Crippen LogP contribution in [0.4, 0.5) is 0 Å². The summed E-state index contributed by atoms with van der Waals surface area (Å²) in [5.41, 5.74) is 4.16. The van der Waals surface area contributed by atoms with Crippen molar-refractivity contribution in [3.63, 3.8) is 0 Å². The van der Waals surface area contributed by atoms with Gasteiger partial charge in [0, 0.05) is 0 Å². The lowest BCUT2D eigenvalue weighted by Crippen LogP contribution is -2.10. The van der Waals surface area contributed by atoms with Crippen LogP contribution in [0.1, 0.15) is 22.3 Å². The second-order valence-electron chi connectivity index (χ2n) is 5.06. The standard InChI is InChI=1S/C18H19NO2/c1-13-10-14(2)18(15(3)11-13)21-9-8-20-17-6-4-16(12-19)5-7-17/h4-7,10-11H,8-9H2,1-3H3. The van der Waals surface area contributed by atoms with E-state index < -0.39 is 0 Å². The first-order valence-corrected chi connectivity index (χ1v) is 6.94. The van der Waals surface area contributed by atoms with Gasteiger partial charge in [0.1, 0.15) is 24.7 Å². The van der Waals surface area contributed by atoms with Gasteiger partial charge in [0.05, 0.1) is 11.6 Å². The molecule has 2 aromatic rings. The molecule has 0 unspecified atom stereocenters. The number of nitrogens with zero attached hydrogens (tertiary/aromatic N) is 1. The van der Waals surface area contributed by atoms with Gasteiger partial charge in [0.15, 0.2) is 0 Å². The fourth-order valence-corrected chi connectivity index (χ4v) is 2.32. The molecular weight excluding hydrogens is 262 g/mol. The number of hydrogen-bond donors (Lipinski definition) is 0. The molecule has 0 aliphatic rings. The first kappa shape index (κ1) is 14.9. The summed E-state index contributed by atoms with van der Waals surface area (Å²) < 4.78 is 11.4. The molecule has 21 heavy (non-hydrogen) atoms. The lowest BCUT2D eigenvalue weighted by atomic mass is 10.1. The van der Waals surface area contributed by atoms with Gasteiger partial charge < -0.3 is 9.47 Å². The van der Waals surface area contributed by atoms with Crippen molar-refractivity contribution in [2.24, 2.45) is 0 Å². The van der Waals surface area contributed by atoms with Crippen molar-refractivity contribution in [2.75, 3.05) is 13.2 Å². The van der Waals surface area contributed by atoms with E-state index in [1.165, 1.54) is 5.56 Å². The van der Waals surface area contributed by atoms with Crippen molar-refractivity contribution in [3.8, 4) is 17.6 Å². The Bertz CT molecular complexity index is 631. The average molecular weight is 281 g/mol. The average Bonchev–Trinajstić information content (AvgIpc) is 2.46. The summed E-state index contributed by atoms with van der Waals surface area (Å²) in [6.07, 6.45) is 0. The highest BCUT2D eigenvalue weighted by atomic mass is 16.5. The third kappa shape index (κ3) is 4.00. The Morgan fingerprint density at radius 3 is 2.05 bits per heavy atom. The maximum absolute atomic E-state index is 8.73. The molecule has 3 heteroatoms. The third-order valence-corrected chi connectivity index (χ3v) is 3.19. The maximum Gasteiger partial charge on any atom is 0.125 e. The second kappa shape index (κ2) is 6.81. The molecule has 0 radical (unpaired) electrons. The summed E-state index contributed by atoms with van der Waals surface area (Å²) in [4.78, 5) is 0. The molecule has 0 N–H and O–H groups in total. The zero-order chi connectivity index (χ0) is 15.2. The van der Waals surface area contributed by atoms with Crippen LogP contribution in [0.5, 0.6) is 11.5 Å². The third-order valence-electron chi connectivity index (χ3n) is 3.19. The Hall–Kier alpha value is -2.47. The van der Waals surface area contributed by atoms with Crippen molar-refractivity contribution in [2.45, 2.75) is 20.8 Å². The van der Waals surface area contributed by atoms with Crippen molar-refractivity contribution < 1.29 is 9.47 Å². The van der Waals surface area contributed by atoms with Crippen molar-refractivity contribution in [1.82, 2.24) is 0 Å². The molecule has 108 valence electrons. The Kier molecular flexibility index (Phi) is 4.84. The first-order valence-electron chi connectivity index (χ1n) is 6.94. The lowest BCUT2D eigenvalue weighted by molar-refractivity contribution is 0.215. The van der Waals surface area contributed by atoms with Crippen LogP contribution in [0, 0.1) is 32.1 Å². The smallest absolute Gasteiger partial charge is 0.125 e. The van der Waals surface area contributed by atoms with Crippen molar-refractivity contribution in [3.05, 3.63) is 58.7 Å². The molecule has 2 aromatic carbocycles. The van der Waals surface area contributed by atoms with Gasteiger partial charge in [-0.1, -0.05) is 17.7 Å². The van der Waals surface area contributed by atoms with E-state index in [0.29, 0.717) is 18.8 Å². The van der Waals surface area contributed by atoms with E-state index in [1.54, 1.807) is 24.3 Å². The molecule has 0 heterocycles. The molecule has 0 saturated heterocycles. The summed E-state index contributed by atoms with van der Waals surface area (Å²) in [7, 11) is 0. The fraction of sp³-hybridized carbons (Fsp3) is 0.278. The minimum absolute atomic E-state index is 0.471. The van der Waals surface area contributed by atoms with Gasteiger partial charge in [-0.2, -0.15) is 5.26 Å². The molecule has 3 nitrogen and oxygen atoms in total. The van der Waals surface area contributed by atoms with Crippen molar-refractivity contribution >= 4 is 0 Å². The molecular formula is C18H19NO2. The van der Waals surface area contributed by atoms with Gasteiger partial charge in [0.25, 0.3) is 0 Å². The molecule has 0 amide bonds. The highest BCUT2D eigenvalue weighted by Gasteiger charge is 2.05. The Labute approximate surface area is 125 Å². The van der Waals surface area contributed by atoms with Crippen LogP contribution in [-0.4, -0.2) is 13.2 Å². The normalized spacial score (nSPS) is 10.0. The quantitative estimate of drug-likeness (QED) is 0.779. The first-order chi connectivity index (χ1) is 10.1. The van der Waals surface area contributed by atoms with E-state index in [1.807, 2.05) is 0 Å². The molecule has 2 rings (SSSR count). The Balaban J connectivity index is 1.86. The number of benzene rings is 2. The van der Waals surface area contributed by atoms with Crippen LogP contribution < -0.4 is 9.47 Å². The van der Waals surface area contributed by atoms with E-state index >= 15 is 0 Å². The maximum atomic E-state index is 8.73. The molecule has 0 fully saturated rings. The van der Waals surface area contributed by atoms with Crippen LogP contribution in [0.25, 0.3) is 0 Å². The number of rotatable bonds is 5. The van der Waals surface area contributed by atoms with E-state index in [4.69, 9.17) is 14.7 Å². The van der Waals surface area contributed by atoms with Crippen LogP contribution in [0.2, 0.25) is 0 Å². The minimum atomic E-state index is 0.471. The monoisotopic (exact) mass is 281 g/mol. The van der Waals surface area contributed by atoms with E-state index in [9.17, 15) is 0 Å². The highest BCUT2D eigenvalue weighted by Crippen LogP contribution is 2.24. The van der Waals surface area contributed by atoms with E-state index in [-0.39, 0.29) is 0 Å². The number of hydrogen-bond acceptors (Lipinski definition) is 3. The van der Waals surface area contributed by atoms with Gasteiger partial charge in [-0.05, 0) is 56.2 Å². The molecule has 0 bridgehead atoms. The zero-order valence-corrected chi connectivity index (χ0v) is 12.6. The van der Waals surface area contributed by atoms with Crippen LogP contribution in [0.3, 0.4) is 0 Å². The minimum Gasteiger partial charge on any atom is -0.490 e. The summed E-state index contributed by atoms with van der Waals surface area (Å²) in [6.45, 7) is 7.15. The Morgan fingerprint density at radius 2 is 1.48 bits per heavy atom. The van der Waals surface area contributed by atoms with E-state index in [0.717, 1.165) is 22.6 Å². The predicted octanol–water partition coefficient (Wildman–Crippen LogP) is 3.94. The van der Waals surface area contributed by atoms with Crippen LogP contribution >= 0.6 is 0 Å². The van der Waals surface area contributed by atoms with E-state index in [2.05, 4.69) is 39.0 Å². The largest absolute Gasteiger partial charge is 0.490 e. The number of nitriles is 1. The summed E-state index contributed by atoms with van der Waals surface area (Å²) in [6, 6.07) is 13.4. The molecule has 0 aliphatic heterocycles. The summed E-state index contributed by atoms with van der Waals surface area (Å²) in [5.74, 6) is 1.68. The lowest BCUT2D eigenvalue weighted by Gasteiger charge is -2.13. The van der Waals surface area contributed by atoms with Crippen LogP contribution in [-0.2, 0) is 0 Å². The number of aryl methyl sites for hydroxylation is 3. The van der Waals surface area contributed by atoms with Crippen molar-refractivity contribution in [1.29, 1.82) is 5.26 Å². The predicted molar refractivity (Wildman–Crippen MR) is 82.8 cm³/mol. The summed E-state index contributed by atoms with van der Waals surface area (Å²) in [5, 5.41) is 8.73. The molecule has 0 aromatic heterocycles. The van der Waals surface area contributed by atoms with Crippen LogP contribution in [0.15, 0.2) is 36.4 Å². The molecule has 0 spiro atoms. The highest BCUT2D eigenvalue weighted by molar-refractivity contribution is 5.43. The van der Waals surface area contributed by atoms with Gasteiger partial charge in [-0.25, -0.2) is 0 Å². The second-order valence-corrected chi connectivity index (χ2v) is 5.06. The van der Waals surface area contributed by atoms with Gasteiger partial charge >= 0.3 is 0 Å². The van der Waals surface area contributed by atoms with Gasteiger partial charge in [-0.3, -0.25) is 0 Å². The SMILES string of the molecule is Cc1cc(C)c(OCCOc2ccc(C#N)cc2)c(C)c1. The fourth-order valence-electron chi connectivity index (χ4n) is 2.32.